The molecule has 1 aromatic heterocycles. The van der Waals surface area contributed by atoms with E-state index in [0.717, 1.165) is 5.82 Å². The standard InChI is InChI=1S/C16H21F3N6O.HI/c1-4-20-15(22-10-14-24-23-11(2)25(14)3)21-9-12-7-5-6-8-13(12)26-16(17,18)19;/h5-8H,4,9-10H2,1-3H3,(H2,20,21,22);1H. The number of hydrogen-bond donors (Lipinski definition) is 2. The van der Waals surface area contributed by atoms with Crippen LogP contribution in [-0.4, -0.2) is 33.6 Å². The van der Waals surface area contributed by atoms with Gasteiger partial charge < -0.3 is 19.9 Å². The molecule has 150 valence electrons. The van der Waals surface area contributed by atoms with Crippen molar-refractivity contribution in [2.45, 2.75) is 33.3 Å². The van der Waals surface area contributed by atoms with Crippen molar-refractivity contribution in [2.24, 2.45) is 12.0 Å². The second-order valence-electron chi connectivity index (χ2n) is 5.43. The smallest absolute Gasteiger partial charge is 0.405 e. The molecule has 0 saturated carbocycles. The molecule has 1 aromatic carbocycles. The van der Waals surface area contributed by atoms with E-state index in [-0.39, 0.29) is 36.3 Å². The van der Waals surface area contributed by atoms with Crippen molar-refractivity contribution in [1.82, 2.24) is 25.4 Å². The first-order valence-electron chi connectivity index (χ1n) is 8.01. The molecule has 0 saturated heterocycles. The van der Waals surface area contributed by atoms with E-state index in [1.165, 1.54) is 12.1 Å². The number of halogens is 4. The van der Waals surface area contributed by atoms with E-state index in [0.29, 0.717) is 30.4 Å². The van der Waals surface area contributed by atoms with E-state index in [9.17, 15) is 13.2 Å². The van der Waals surface area contributed by atoms with Gasteiger partial charge in [0.15, 0.2) is 11.8 Å². The molecule has 11 heteroatoms. The fourth-order valence-corrected chi connectivity index (χ4v) is 2.13. The Balaban J connectivity index is 0.00000364. The fraction of sp³-hybridized carbons (Fsp3) is 0.438. The average Bonchev–Trinajstić information content (AvgIpc) is 2.89. The van der Waals surface area contributed by atoms with Crippen LogP contribution in [0.1, 0.15) is 24.1 Å². The number of aryl methyl sites for hydroxylation is 1. The maximum atomic E-state index is 12.5. The van der Waals surface area contributed by atoms with Gasteiger partial charge in [0.25, 0.3) is 0 Å². The van der Waals surface area contributed by atoms with E-state index in [1.807, 2.05) is 25.5 Å². The largest absolute Gasteiger partial charge is 0.573 e. The van der Waals surface area contributed by atoms with E-state index in [4.69, 9.17) is 0 Å². The molecule has 2 aromatic rings. The second kappa shape index (κ2) is 10.3. The summed E-state index contributed by atoms with van der Waals surface area (Å²) in [4.78, 5) is 4.32. The van der Waals surface area contributed by atoms with Crippen LogP contribution in [0.2, 0.25) is 0 Å². The van der Waals surface area contributed by atoms with Gasteiger partial charge in [-0.1, -0.05) is 18.2 Å². The lowest BCUT2D eigenvalue weighted by atomic mass is 10.2. The van der Waals surface area contributed by atoms with Crippen molar-refractivity contribution >= 4 is 29.9 Å². The number of nitrogens with one attached hydrogen (secondary N) is 2. The highest BCUT2D eigenvalue weighted by Crippen LogP contribution is 2.26. The molecule has 0 aliphatic rings. The van der Waals surface area contributed by atoms with E-state index in [1.54, 1.807) is 12.1 Å². The molecular weight excluding hydrogens is 476 g/mol. The molecule has 0 bridgehead atoms. The molecule has 0 aliphatic heterocycles. The van der Waals surface area contributed by atoms with Crippen LogP contribution in [0.15, 0.2) is 29.3 Å². The maximum Gasteiger partial charge on any atom is 0.573 e. The monoisotopic (exact) mass is 498 g/mol. The summed E-state index contributed by atoms with van der Waals surface area (Å²) < 4.78 is 43.4. The lowest BCUT2D eigenvalue weighted by Crippen LogP contribution is -2.37. The summed E-state index contributed by atoms with van der Waals surface area (Å²) in [5, 5.41) is 14.1. The Morgan fingerprint density at radius 3 is 2.52 bits per heavy atom. The van der Waals surface area contributed by atoms with Gasteiger partial charge in [-0.05, 0) is 19.9 Å². The van der Waals surface area contributed by atoms with Crippen LogP contribution >= 0.6 is 24.0 Å². The van der Waals surface area contributed by atoms with Crippen LogP contribution in [0.4, 0.5) is 13.2 Å². The highest BCUT2D eigenvalue weighted by Gasteiger charge is 2.31. The lowest BCUT2D eigenvalue weighted by Gasteiger charge is -2.13. The zero-order valence-electron chi connectivity index (χ0n) is 15.2. The summed E-state index contributed by atoms with van der Waals surface area (Å²) in [6.45, 7) is 4.74. The minimum atomic E-state index is -4.74. The maximum absolute atomic E-state index is 12.5. The molecule has 2 N–H and O–H groups in total. The summed E-state index contributed by atoms with van der Waals surface area (Å²) in [5.74, 6) is 1.69. The molecule has 7 nitrogen and oxygen atoms in total. The van der Waals surface area contributed by atoms with E-state index >= 15 is 0 Å². The first-order chi connectivity index (χ1) is 12.3. The van der Waals surface area contributed by atoms with Crippen molar-refractivity contribution in [1.29, 1.82) is 0 Å². The molecule has 0 aliphatic carbocycles. The summed E-state index contributed by atoms with van der Waals surface area (Å²) >= 11 is 0. The van der Waals surface area contributed by atoms with Crippen LogP contribution < -0.4 is 15.4 Å². The summed E-state index contributed by atoms with van der Waals surface area (Å²) in [6, 6.07) is 5.92. The minimum absolute atomic E-state index is 0. The van der Waals surface area contributed by atoms with Crippen molar-refractivity contribution in [3.8, 4) is 5.75 Å². The van der Waals surface area contributed by atoms with Gasteiger partial charge in [-0.2, -0.15) is 0 Å². The molecule has 0 atom stereocenters. The Morgan fingerprint density at radius 1 is 1.22 bits per heavy atom. The molecule has 1 heterocycles. The second-order valence-corrected chi connectivity index (χ2v) is 5.43. The third kappa shape index (κ3) is 7.23. The highest BCUT2D eigenvalue weighted by atomic mass is 127. The number of guanidine groups is 1. The van der Waals surface area contributed by atoms with E-state index < -0.39 is 6.36 Å². The summed E-state index contributed by atoms with van der Waals surface area (Å²) in [7, 11) is 1.85. The van der Waals surface area contributed by atoms with Crippen molar-refractivity contribution in [3.05, 3.63) is 41.5 Å². The number of hydrogen-bond acceptors (Lipinski definition) is 4. The zero-order chi connectivity index (χ0) is 19.2. The molecule has 0 fully saturated rings. The third-order valence-electron chi connectivity index (χ3n) is 3.55. The number of para-hydroxylation sites is 1. The molecular formula is C16H22F3IN6O. The first kappa shape index (κ1) is 23.0. The van der Waals surface area contributed by atoms with Crippen molar-refractivity contribution in [3.63, 3.8) is 0 Å². The van der Waals surface area contributed by atoms with Gasteiger partial charge in [0, 0.05) is 19.2 Å². The lowest BCUT2D eigenvalue weighted by molar-refractivity contribution is -0.274. The van der Waals surface area contributed by atoms with Crippen LogP contribution in [0.25, 0.3) is 0 Å². The van der Waals surface area contributed by atoms with E-state index in [2.05, 4.69) is 30.6 Å². The van der Waals surface area contributed by atoms with Crippen LogP contribution in [0, 0.1) is 6.92 Å². The number of alkyl halides is 3. The predicted molar refractivity (Wildman–Crippen MR) is 106 cm³/mol. The number of rotatable bonds is 6. The molecule has 2 rings (SSSR count). The number of ether oxygens (including phenoxy) is 1. The average molecular weight is 498 g/mol. The fourth-order valence-electron chi connectivity index (χ4n) is 2.13. The summed E-state index contributed by atoms with van der Waals surface area (Å²) in [5.41, 5.74) is 0.330. The highest BCUT2D eigenvalue weighted by molar-refractivity contribution is 14.0. The molecule has 0 unspecified atom stereocenters. The zero-order valence-corrected chi connectivity index (χ0v) is 17.5. The van der Waals surface area contributed by atoms with Crippen molar-refractivity contribution in [2.75, 3.05) is 6.54 Å². The van der Waals surface area contributed by atoms with Crippen LogP contribution in [0.5, 0.6) is 5.75 Å². The normalized spacial score (nSPS) is 11.7. The molecule has 0 spiro atoms. The van der Waals surface area contributed by atoms with Crippen LogP contribution in [0.3, 0.4) is 0 Å². The molecule has 0 radical (unpaired) electrons. The topological polar surface area (TPSA) is 76.4 Å². The Bertz CT molecular complexity index is 763. The number of benzene rings is 1. The Labute approximate surface area is 172 Å². The van der Waals surface area contributed by atoms with Gasteiger partial charge in [0.2, 0.25) is 0 Å². The van der Waals surface area contributed by atoms with Gasteiger partial charge >= 0.3 is 6.36 Å². The minimum Gasteiger partial charge on any atom is -0.405 e. The quantitative estimate of drug-likeness (QED) is 0.364. The van der Waals surface area contributed by atoms with Crippen molar-refractivity contribution < 1.29 is 17.9 Å². The number of aliphatic imine (C=N–C) groups is 1. The Morgan fingerprint density at radius 2 is 1.93 bits per heavy atom. The Kier molecular flexibility index (Phi) is 8.79. The van der Waals surface area contributed by atoms with Gasteiger partial charge in [-0.3, -0.25) is 0 Å². The predicted octanol–water partition coefficient (Wildman–Crippen LogP) is 2.90. The summed E-state index contributed by atoms with van der Waals surface area (Å²) in [6.07, 6.45) is -4.74. The SMILES string of the molecule is CCNC(=NCc1ccccc1OC(F)(F)F)NCc1nnc(C)n1C.I. The first-order valence-corrected chi connectivity index (χ1v) is 8.01. The van der Waals surface area contributed by atoms with Gasteiger partial charge in [0.05, 0.1) is 13.1 Å². The molecule has 0 amide bonds. The van der Waals surface area contributed by atoms with Gasteiger partial charge in [-0.25, -0.2) is 4.99 Å². The van der Waals surface area contributed by atoms with Crippen LogP contribution in [-0.2, 0) is 20.1 Å². The van der Waals surface area contributed by atoms with Gasteiger partial charge in [0.1, 0.15) is 11.6 Å². The van der Waals surface area contributed by atoms with Gasteiger partial charge in [-0.15, -0.1) is 47.3 Å². The third-order valence-corrected chi connectivity index (χ3v) is 3.55. The molecule has 27 heavy (non-hydrogen) atoms. The Hall–Kier alpha value is -2.05. The number of aromatic nitrogens is 3. The number of nitrogens with zero attached hydrogens (tertiary/aromatic N) is 4.